The molecule has 1 aromatic rings. The Kier molecular flexibility index (Phi) is 2.11. The number of aromatic nitrogens is 2. The van der Waals surface area contributed by atoms with Crippen molar-refractivity contribution in [2.45, 2.75) is 38.0 Å². The summed E-state index contributed by atoms with van der Waals surface area (Å²) in [4.78, 5) is 18.9. The second kappa shape index (κ2) is 3.59. The van der Waals surface area contributed by atoms with E-state index in [1.54, 1.807) is 0 Å². The molecule has 1 heterocycles. The van der Waals surface area contributed by atoms with Gasteiger partial charge < -0.3 is 10.7 Å². The molecule has 4 saturated carbocycles. The normalized spacial score (nSPS) is 41.2. The molecule has 0 aromatic carbocycles. The van der Waals surface area contributed by atoms with Crippen LogP contribution in [-0.2, 0) is 0 Å². The number of aromatic amines is 1. The zero-order valence-corrected chi connectivity index (χ0v) is 10.4. The van der Waals surface area contributed by atoms with Crippen molar-refractivity contribution in [1.82, 2.24) is 9.97 Å². The summed E-state index contributed by atoms with van der Waals surface area (Å²) in [6.07, 6.45) is 6.76. The topological polar surface area (TPSA) is 71.8 Å². The van der Waals surface area contributed by atoms with Crippen LogP contribution in [0.5, 0.6) is 0 Å². The van der Waals surface area contributed by atoms with Crippen LogP contribution < -0.4 is 11.3 Å². The zero-order chi connectivity index (χ0) is 12.3. The Labute approximate surface area is 106 Å². The zero-order valence-electron chi connectivity index (χ0n) is 10.4. The van der Waals surface area contributed by atoms with Gasteiger partial charge in [-0.2, -0.15) is 0 Å². The summed E-state index contributed by atoms with van der Waals surface area (Å²) >= 11 is 0. The van der Waals surface area contributed by atoms with Gasteiger partial charge in [-0.3, -0.25) is 4.79 Å². The Balaban J connectivity index is 1.74. The molecule has 0 amide bonds. The van der Waals surface area contributed by atoms with E-state index in [9.17, 15) is 4.79 Å². The highest BCUT2D eigenvalue weighted by atomic mass is 16.1. The molecule has 4 nitrogen and oxygen atoms in total. The first-order valence-electron chi connectivity index (χ1n) is 7.06. The number of rotatable bonds is 1. The van der Waals surface area contributed by atoms with Crippen molar-refractivity contribution in [1.29, 1.82) is 0 Å². The molecule has 0 radical (unpaired) electrons. The van der Waals surface area contributed by atoms with Gasteiger partial charge >= 0.3 is 0 Å². The quantitative estimate of drug-likeness (QED) is 0.793. The molecular weight excluding hydrogens is 226 g/mol. The maximum absolute atomic E-state index is 11.6. The molecule has 0 spiro atoms. The molecule has 96 valence electrons. The van der Waals surface area contributed by atoms with E-state index in [0.29, 0.717) is 11.7 Å². The monoisotopic (exact) mass is 245 g/mol. The lowest BCUT2D eigenvalue weighted by molar-refractivity contribution is -0.00567. The van der Waals surface area contributed by atoms with Crippen molar-refractivity contribution in [3.8, 4) is 0 Å². The molecule has 4 aliphatic rings. The van der Waals surface area contributed by atoms with Crippen LogP contribution in [0.4, 0.5) is 5.82 Å². The number of nitrogens with two attached hydrogens (primary N) is 1. The molecular formula is C14H19N3O. The van der Waals surface area contributed by atoms with Crippen LogP contribution in [0.2, 0.25) is 0 Å². The van der Waals surface area contributed by atoms with Crippen LogP contribution in [-0.4, -0.2) is 9.97 Å². The number of nitrogens with zero attached hydrogens (tertiary/aromatic N) is 1. The highest BCUT2D eigenvalue weighted by Gasteiger charge is 2.49. The van der Waals surface area contributed by atoms with Gasteiger partial charge in [-0.05, 0) is 55.8 Å². The predicted molar refractivity (Wildman–Crippen MR) is 69.1 cm³/mol. The van der Waals surface area contributed by atoms with E-state index in [4.69, 9.17) is 5.73 Å². The van der Waals surface area contributed by atoms with Crippen molar-refractivity contribution in [3.05, 3.63) is 22.2 Å². The Bertz CT molecular complexity index is 508. The molecule has 4 heteroatoms. The molecule has 0 unspecified atom stereocenters. The molecule has 0 saturated heterocycles. The van der Waals surface area contributed by atoms with Crippen LogP contribution in [0.15, 0.2) is 10.9 Å². The molecule has 0 aliphatic heterocycles. The lowest BCUT2D eigenvalue weighted by Gasteiger charge is -2.53. The van der Waals surface area contributed by atoms with E-state index in [0.717, 1.165) is 29.5 Å². The van der Waals surface area contributed by atoms with Crippen LogP contribution in [0.3, 0.4) is 0 Å². The highest BCUT2D eigenvalue weighted by molar-refractivity contribution is 5.27. The van der Waals surface area contributed by atoms with E-state index in [-0.39, 0.29) is 5.56 Å². The van der Waals surface area contributed by atoms with Gasteiger partial charge in [0.2, 0.25) is 0 Å². The lowest BCUT2D eigenvalue weighted by Crippen LogP contribution is -2.44. The van der Waals surface area contributed by atoms with Crippen molar-refractivity contribution in [3.63, 3.8) is 0 Å². The number of nitrogen functional groups attached to an aromatic ring is 1. The van der Waals surface area contributed by atoms with Gasteiger partial charge in [0.15, 0.2) is 0 Å². The molecule has 3 N–H and O–H groups in total. The van der Waals surface area contributed by atoms with Gasteiger partial charge in [0, 0.05) is 12.0 Å². The van der Waals surface area contributed by atoms with Crippen LogP contribution in [0.25, 0.3) is 0 Å². The first kappa shape index (κ1) is 10.6. The molecule has 4 bridgehead atoms. The van der Waals surface area contributed by atoms with Crippen molar-refractivity contribution < 1.29 is 0 Å². The SMILES string of the molecule is Nc1cc(=O)[nH]c(C2C3CC4CC(C3)CC2C4)n1. The Morgan fingerprint density at radius 1 is 1.11 bits per heavy atom. The maximum Gasteiger partial charge on any atom is 0.252 e. The second-order valence-electron chi connectivity index (χ2n) is 6.51. The van der Waals surface area contributed by atoms with Crippen molar-refractivity contribution >= 4 is 5.82 Å². The number of hydrogen-bond donors (Lipinski definition) is 2. The minimum atomic E-state index is -0.105. The third-order valence-electron chi connectivity index (χ3n) is 5.32. The van der Waals surface area contributed by atoms with Gasteiger partial charge in [-0.1, -0.05) is 0 Å². The smallest absolute Gasteiger partial charge is 0.252 e. The van der Waals surface area contributed by atoms with Gasteiger partial charge in [-0.25, -0.2) is 4.98 Å². The summed E-state index contributed by atoms with van der Waals surface area (Å²) in [7, 11) is 0. The lowest BCUT2D eigenvalue weighted by atomic mass is 9.51. The fourth-order valence-corrected chi connectivity index (χ4v) is 5.03. The van der Waals surface area contributed by atoms with E-state index < -0.39 is 0 Å². The van der Waals surface area contributed by atoms with E-state index in [2.05, 4.69) is 9.97 Å². The third kappa shape index (κ3) is 1.51. The summed E-state index contributed by atoms with van der Waals surface area (Å²) in [5.74, 6) is 5.01. The Morgan fingerprint density at radius 2 is 1.72 bits per heavy atom. The summed E-state index contributed by atoms with van der Waals surface area (Å²) in [6, 6.07) is 1.37. The molecule has 0 atom stereocenters. The first-order chi connectivity index (χ1) is 8.69. The average molecular weight is 245 g/mol. The Hall–Kier alpha value is -1.32. The standard InChI is InChI=1S/C14H19N3O/c15-11-6-12(18)17-14(16-11)13-9-2-7-1-8(4-9)5-10(13)3-7/h6-10,13H,1-5H2,(H3,15,16,17,18). The van der Waals surface area contributed by atoms with Crippen molar-refractivity contribution in [2.75, 3.05) is 5.73 Å². The predicted octanol–water partition coefficient (Wildman–Crippen LogP) is 1.89. The van der Waals surface area contributed by atoms with Crippen LogP contribution >= 0.6 is 0 Å². The van der Waals surface area contributed by atoms with Gasteiger partial charge in [0.1, 0.15) is 11.6 Å². The second-order valence-corrected chi connectivity index (χ2v) is 6.51. The average Bonchev–Trinajstić information content (AvgIpc) is 2.25. The number of H-pyrrole nitrogens is 1. The maximum atomic E-state index is 11.6. The van der Waals surface area contributed by atoms with Crippen LogP contribution in [0, 0.1) is 23.7 Å². The summed E-state index contributed by atoms with van der Waals surface area (Å²) in [5.41, 5.74) is 5.62. The number of anilines is 1. The molecule has 4 aliphatic carbocycles. The first-order valence-corrected chi connectivity index (χ1v) is 7.06. The summed E-state index contributed by atoms with van der Waals surface area (Å²) in [5, 5.41) is 0. The Morgan fingerprint density at radius 3 is 2.28 bits per heavy atom. The van der Waals surface area contributed by atoms with Gasteiger partial charge in [-0.15, -0.1) is 0 Å². The van der Waals surface area contributed by atoms with Gasteiger partial charge in [0.25, 0.3) is 5.56 Å². The highest BCUT2D eigenvalue weighted by Crippen LogP contribution is 2.59. The molecule has 18 heavy (non-hydrogen) atoms. The molecule has 5 rings (SSSR count). The number of hydrogen-bond acceptors (Lipinski definition) is 3. The fourth-order valence-electron chi connectivity index (χ4n) is 5.03. The minimum Gasteiger partial charge on any atom is -0.383 e. The molecule has 4 fully saturated rings. The van der Waals surface area contributed by atoms with Crippen molar-refractivity contribution in [2.24, 2.45) is 23.7 Å². The number of nitrogens with one attached hydrogen (secondary N) is 1. The third-order valence-corrected chi connectivity index (χ3v) is 5.32. The van der Waals surface area contributed by atoms with E-state index in [1.165, 1.54) is 38.2 Å². The summed E-state index contributed by atoms with van der Waals surface area (Å²) < 4.78 is 0. The van der Waals surface area contributed by atoms with Crippen LogP contribution in [0.1, 0.15) is 43.8 Å². The van der Waals surface area contributed by atoms with Gasteiger partial charge in [0.05, 0.1) is 0 Å². The fraction of sp³-hybridized carbons (Fsp3) is 0.714. The van der Waals surface area contributed by atoms with E-state index >= 15 is 0 Å². The van der Waals surface area contributed by atoms with E-state index in [1.807, 2.05) is 0 Å². The minimum absolute atomic E-state index is 0.105. The largest absolute Gasteiger partial charge is 0.383 e. The summed E-state index contributed by atoms with van der Waals surface area (Å²) in [6.45, 7) is 0. The molecule has 1 aromatic heterocycles.